The van der Waals surface area contributed by atoms with Crippen molar-refractivity contribution in [2.75, 3.05) is 11.9 Å². The molecule has 5 heteroatoms. The highest BCUT2D eigenvalue weighted by Gasteiger charge is 2.18. The second-order valence-electron chi connectivity index (χ2n) is 5.92. The number of hydrogen-bond donors (Lipinski definition) is 2. The number of sulfonamides is 1. The molecule has 1 aliphatic rings. The number of nitrogens with one attached hydrogen (secondary N) is 1. The maximum absolute atomic E-state index is 11.2. The van der Waals surface area contributed by atoms with Crippen molar-refractivity contribution < 1.29 is 8.42 Å². The molecule has 2 atom stereocenters. The Morgan fingerprint density at radius 2 is 1.95 bits per heavy atom. The molecule has 2 unspecified atom stereocenters. The third-order valence-corrected chi connectivity index (χ3v) is 5.04. The predicted octanol–water partition coefficient (Wildman–Crippen LogP) is 2.96. The largest absolute Gasteiger partial charge is 0.385 e. The third-order valence-electron chi connectivity index (χ3n) is 4.11. The summed E-state index contributed by atoms with van der Waals surface area (Å²) >= 11 is 0. The molecule has 0 amide bonds. The number of hydrogen-bond acceptors (Lipinski definition) is 3. The van der Waals surface area contributed by atoms with Gasteiger partial charge < -0.3 is 5.32 Å². The Kier molecular flexibility index (Phi) is 5.05. The molecular formula is C15H24N2O2S. The van der Waals surface area contributed by atoms with Gasteiger partial charge in [0.1, 0.15) is 0 Å². The van der Waals surface area contributed by atoms with Crippen molar-refractivity contribution in [2.45, 2.75) is 43.9 Å². The number of anilines is 1. The van der Waals surface area contributed by atoms with Gasteiger partial charge in [-0.1, -0.05) is 26.2 Å². The van der Waals surface area contributed by atoms with Crippen LogP contribution in [-0.2, 0) is 10.0 Å². The van der Waals surface area contributed by atoms with Crippen molar-refractivity contribution >= 4 is 15.7 Å². The van der Waals surface area contributed by atoms with E-state index in [-0.39, 0.29) is 4.90 Å². The maximum atomic E-state index is 11.2. The molecule has 0 aliphatic heterocycles. The van der Waals surface area contributed by atoms with Gasteiger partial charge in [0.05, 0.1) is 4.90 Å². The fraction of sp³-hybridized carbons (Fsp3) is 0.600. The summed E-state index contributed by atoms with van der Waals surface area (Å²) < 4.78 is 22.3. The van der Waals surface area contributed by atoms with Crippen molar-refractivity contribution in [3.63, 3.8) is 0 Å². The minimum Gasteiger partial charge on any atom is -0.385 e. The summed E-state index contributed by atoms with van der Waals surface area (Å²) in [6, 6.07) is 6.62. The first-order valence-corrected chi connectivity index (χ1v) is 8.86. The minimum atomic E-state index is -3.59. The fourth-order valence-electron chi connectivity index (χ4n) is 3.01. The van der Waals surface area contributed by atoms with Crippen LogP contribution in [0.4, 0.5) is 5.69 Å². The highest BCUT2D eigenvalue weighted by atomic mass is 32.2. The third kappa shape index (κ3) is 4.49. The number of nitrogens with two attached hydrogens (primary N) is 1. The van der Waals surface area contributed by atoms with Gasteiger partial charge in [0, 0.05) is 12.2 Å². The van der Waals surface area contributed by atoms with E-state index in [4.69, 9.17) is 5.14 Å². The van der Waals surface area contributed by atoms with E-state index in [9.17, 15) is 8.42 Å². The average molecular weight is 296 g/mol. The topological polar surface area (TPSA) is 72.2 Å². The summed E-state index contributed by atoms with van der Waals surface area (Å²) in [6.07, 6.45) is 6.59. The Morgan fingerprint density at radius 1 is 1.25 bits per heavy atom. The molecule has 112 valence electrons. The normalized spacial score (nSPS) is 23.5. The summed E-state index contributed by atoms with van der Waals surface area (Å²) in [6.45, 7) is 3.28. The summed E-state index contributed by atoms with van der Waals surface area (Å²) in [5.74, 6) is 1.69. The molecule has 0 bridgehead atoms. The first kappa shape index (κ1) is 15.3. The zero-order chi connectivity index (χ0) is 14.6. The summed E-state index contributed by atoms with van der Waals surface area (Å²) in [7, 11) is -3.59. The molecule has 1 saturated carbocycles. The smallest absolute Gasteiger partial charge is 0.238 e. The maximum Gasteiger partial charge on any atom is 0.238 e. The van der Waals surface area contributed by atoms with Crippen LogP contribution in [0.25, 0.3) is 0 Å². The molecule has 2 rings (SSSR count). The highest BCUT2D eigenvalue weighted by Crippen LogP contribution is 2.30. The molecule has 0 saturated heterocycles. The molecule has 1 aromatic carbocycles. The van der Waals surface area contributed by atoms with E-state index in [1.165, 1.54) is 32.1 Å². The Labute approximate surface area is 121 Å². The van der Waals surface area contributed by atoms with Crippen molar-refractivity contribution in [1.82, 2.24) is 0 Å². The first-order valence-electron chi connectivity index (χ1n) is 7.32. The number of benzene rings is 1. The van der Waals surface area contributed by atoms with Crippen LogP contribution in [-0.4, -0.2) is 15.0 Å². The molecular weight excluding hydrogens is 272 g/mol. The molecule has 1 aromatic rings. The Bertz CT molecular complexity index is 525. The van der Waals surface area contributed by atoms with Crippen LogP contribution in [0.3, 0.4) is 0 Å². The van der Waals surface area contributed by atoms with E-state index >= 15 is 0 Å². The van der Waals surface area contributed by atoms with Gasteiger partial charge in [0.15, 0.2) is 0 Å². The van der Waals surface area contributed by atoms with Crippen molar-refractivity contribution in [3.05, 3.63) is 24.3 Å². The van der Waals surface area contributed by atoms with Crippen molar-refractivity contribution in [3.8, 4) is 0 Å². The van der Waals surface area contributed by atoms with Crippen LogP contribution in [0.15, 0.2) is 29.2 Å². The zero-order valence-corrected chi connectivity index (χ0v) is 12.8. The van der Waals surface area contributed by atoms with Crippen LogP contribution in [0, 0.1) is 11.8 Å². The first-order chi connectivity index (χ1) is 9.45. The van der Waals surface area contributed by atoms with Crippen LogP contribution in [0.5, 0.6) is 0 Å². The lowest BCUT2D eigenvalue weighted by Gasteiger charge is -2.26. The minimum absolute atomic E-state index is 0.157. The molecule has 0 spiro atoms. The van der Waals surface area contributed by atoms with Crippen LogP contribution >= 0.6 is 0 Å². The number of primary sulfonamides is 1. The van der Waals surface area contributed by atoms with Crippen LogP contribution in [0.2, 0.25) is 0 Å². The Hall–Kier alpha value is -1.07. The average Bonchev–Trinajstić information content (AvgIpc) is 2.38. The van der Waals surface area contributed by atoms with Gasteiger partial charge in [-0.25, -0.2) is 13.6 Å². The quantitative estimate of drug-likeness (QED) is 0.877. The summed E-state index contributed by atoms with van der Waals surface area (Å²) in [5.41, 5.74) is 0.946. The lowest BCUT2D eigenvalue weighted by Crippen LogP contribution is -2.16. The van der Waals surface area contributed by atoms with E-state index in [2.05, 4.69) is 12.2 Å². The monoisotopic (exact) mass is 296 g/mol. The standard InChI is InChI=1S/C15H24N2O2S/c1-12-3-2-4-13(11-12)9-10-17-14-5-7-15(8-6-14)20(16,18)19/h5-8,12-13,17H,2-4,9-11H2,1H3,(H2,16,18,19). The Balaban J connectivity index is 1.79. The molecule has 0 aromatic heterocycles. The van der Waals surface area contributed by atoms with Gasteiger partial charge in [-0.3, -0.25) is 0 Å². The van der Waals surface area contributed by atoms with E-state index in [0.29, 0.717) is 0 Å². The Morgan fingerprint density at radius 3 is 2.55 bits per heavy atom. The van der Waals surface area contributed by atoms with E-state index < -0.39 is 10.0 Å². The molecule has 1 fully saturated rings. The zero-order valence-electron chi connectivity index (χ0n) is 12.0. The lowest BCUT2D eigenvalue weighted by atomic mass is 9.81. The number of rotatable bonds is 5. The van der Waals surface area contributed by atoms with Crippen molar-refractivity contribution in [1.29, 1.82) is 0 Å². The van der Waals surface area contributed by atoms with Gasteiger partial charge in [0.25, 0.3) is 0 Å². The van der Waals surface area contributed by atoms with Gasteiger partial charge in [-0.05, 0) is 48.9 Å². The van der Waals surface area contributed by atoms with Gasteiger partial charge in [0.2, 0.25) is 10.0 Å². The lowest BCUT2D eigenvalue weighted by molar-refractivity contribution is 0.274. The molecule has 20 heavy (non-hydrogen) atoms. The van der Waals surface area contributed by atoms with E-state index in [1.807, 2.05) is 0 Å². The SMILES string of the molecule is CC1CCCC(CCNc2ccc(S(N)(=O)=O)cc2)C1. The molecule has 0 heterocycles. The van der Waals surface area contributed by atoms with Gasteiger partial charge >= 0.3 is 0 Å². The van der Waals surface area contributed by atoms with E-state index in [0.717, 1.165) is 24.1 Å². The van der Waals surface area contributed by atoms with Crippen LogP contribution in [0.1, 0.15) is 39.0 Å². The molecule has 0 radical (unpaired) electrons. The predicted molar refractivity (Wildman–Crippen MR) is 82.0 cm³/mol. The second-order valence-corrected chi connectivity index (χ2v) is 7.48. The molecule has 4 nitrogen and oxygen atoms in total. The molecule has 3 N–H and O–H groups in total. The second kappa shape index (κ2) is 6.59. The molecule has 1 aliphatic carbocycles. The summed E-state index contributed by atoms with van der Waals surface area (Å²) in [5, 5.41) is 8.42. The fourth-order valence-corrected chi connectivity index (χ4v) is 3.52. The van der Waals surface area contributed by atoms with E-state index in [1.54, 1.807) is 24.3 Å². The van der Waals surface area contributed by atoms with Crippen LogP contribution < -0.4 is 10.5 Å². The van der Waals surface area contributed by atoms with Crippen molar-refractivity contribution in [2.24, 2.45) is 17.0 Å². The summed E-state index contributed by atoms with van der Waals surface area (Å²) in [4.78, 5) is 0.157. The highest BCUT2D eigenvalue weighted by molar-refractivity contribution is 7.89. The van der Waals surface area contributed by atoms with Gasteiger partial charge in [-0.15, -0.1) is 0 Å². The van der Waals surface area contributed by atoms with Gasteiger partial charge in [-0.2, -0.15) is 0 Å².